The maximum Gasteiger partial charge on any atom is 0.188 e. The molecule has 0 saturated carbocycles. The summed E-state index contributed by atoms with van der Waals surface area (Å²) in [5, 5.41) is 3.59. The van der Waals surface area contributed by atoms with Crippen molar-refractivity contribution in [3.63, 3.8) is 0 Å². The van der Waals surface area contributed by atoms with Gasteiger partial charge in [-0.2, -0.15) is 0 Å². The van der Waals surface area contributed by atoms with E-state index in [2.05, 4.69) is 67.2 Å². The van der Waals surface area contributed by atoms with Crippen molar-refractivity contribution < 1.29 is 0 Å². The van der Waals surface area contributed by atoms with Crippen molar-refractivity contribution in [3.05, 3.63) is 0 Å². The molecule has 1 saturated heterocycles. The van der Waals surface area contributed by atoms with Gasteiger partial charge in [0.2, 0.25) is 0 Å². The molecular weight excluding hydrogens is 278 g/mol. The van der Waals surface area contributed by atoms with Crippen LogP contribution in [0.1, 0.15) is 0 Å². The van der Waals surface area contributed by atoms with E-state index in [1.165, 1.54) is 0 Å². The Morgan fingerprint density at radius 1 is 0.895 bits per heavy atom. The first-order valence-corrected chi connectivity index (χ1v) is 8.98. The Hall–Kier alpha value is 0.500. The van der Waals surface area contributed by atoms with Gasteiger partial charge in [-0.05, 0) is 53.1 Å². The third-order valence-corrected chi connectivity index (χ3v) is 5.99. The molecule has 1 heterocycles. The predicted octanol–water partition coefficient (Wildman–Crippen LogP) is 0.527. The van der Waals surface area contributed by atoms with Crippen molar-refractivity contribution >= 4 is 21.6 Å². The third kappa shape index (κ3) is 5.08. The maximum atomic E-state index is 3.66. The molecule has 114 valence electrons. The van der Waals surface area contributed by atoms with Gasteiger partial charge in [-0.3, -0.25) is 15.1 Å². The summed E-state index contributed by atoms with van der Waals surface area (Å²) in [7, 11) is 16.7. The molecule has 5 nitrogen and oxygen atoms in total. The van der Waals surface area contributed by atoms with E-state index in [-0.39, 0.29) is 5.12 Å². The molecule has 1 aliphatic heterocycles. The topological polar surface area (TPSA) is 25.0 Å². The van der Waals surface area contributed by atoms with Crippen molar-refractivity contribution in [3.8, 4) is 0 Å². The van der Waals surface area contributed by atoms with Crippen molar-refractivity contribution in [2.45, 2.75) is 5.12 Å². The van der Waals surface area contributed by atoms with Crippen LogP contribution in [0.4, 0.5) is 0 Å². The van der Waals surface area contributed by atoms with Crippen LogP contribution in [0.5, 0.6) is 0 Å². The minimum absolute atomic E-state index is 0.0727. The van der Waals surface area contributed by atoms with Gasteiger partial charge < -0.3 is 9.80 Å². The lowest BCUT2D eigenvalue weighted by Gasteiger charge is -2.44. The predicted molar refractivity (Wildman–Crippen MR) is 88.3 cm³/mol. The molecule has 19 heavy (non-hydrogen) atoms. The highest BCUT2D eigenvalue weighted by atomic mass is 33.1. The van der Waals surface area contributed by atoms with Crippen molar-refractivity contribution in [2.75, 3.05) is 74.3 Å². The van der Waals surface area contributed by atoms with Crippen LogP contribution in [0.2, 0.25) is 0 Å². The maximum absolute atomic E-state index is 3.66. The van der Waals surface area contributed by atoms with Gasteiger partial charge in [0.15, 0.2) is 5.12 Å². The molecule has 0 aromatic heterocycles. The Labute approximate surface area is 126 Å². The first kappa shape index (κ1) is 17.6. The zero-order valence-electron chi connectivity index (χ0n) is 13.1. The van der Waals surface area contributed by atoms with Gasteiger partial charge >= 0.3 is 0 Å². The largest absolute Gasteiger partial charge is 0.308 e. The van der Waals surface area contributed by atoms with E-state index < -0.39 is 0 Å². The molecular formula is C12H29N5S2. The average molecular weight is 308 g/mol. The van der Waals surface area contributed by atoms with E-state index in [0.29, 0.717) is 0 Å². The van der Waals surface area contributed by atoms with Gasteiger partial charge in [-0.15, -0.1) is 0 Å². The molecule has 1 aliphatic rings. The highest BCUT2D eigenvalue weighted by Gasteiger charge is 2.43. The van der Waals surface area contributed by atoms with E-state index in [9.17, 15) is 0 Å². The Bertz CT molecular complexity index is 243. The fourth-order valence-electron chi connectivity index (χ4n) is 2.00. The van der Waals surface area contributed by atoms with Crippen molar-refractivity contribution in [2.24, 2.45) is 0 Å². The van der Waals surface area contributed by atoms with Crippen molar-refractivity contribution in [1.29, 1.82) is 0 Å². The second-order valence-corrected chi connectivity index (χ2v) is 8.09. The summed E-state index contributed by atoms with van der Waals surface area (Å²) in [6.45, 7) is 4.30. The zero-order chi connectivity index (χ0) is 14.5. The highest BCUT2D eigenvalue weighted by molar-refractivity contribution is 8.77. The fourth-order valence-corrected chi connectivity index (χ4v) is 4.93. The Morgan fingerprint density at radius 2 is 1.42 bits per heavy atom. The van der Waals surface area contributed by atoms with Crippen LogP contribution in [-0.4, -0.2) is 99.1 Å². The first-order chi connectivity index (χ1) is 8.88. The highest BCUT2D eigenvalue weighted by Crippen LogP contribution is 2.43. The molecule has 0 aliphatic carbocycles. The zero-order valence-corrected chi connectivity index (χ0v) is 14.8. The monoisotopic (exact) mass is 307 g/mol. The summed E-state index contributed by atoms with van der Waals surface area (Å²) >= 11 is 0. The lowest BCUT2D eigenvalue weighted by Crippen LogP contribution is -2.64. The Balaban J connectivity index is 2.73. The SMILES string of the molecule is CN(C)CCN(CCN(C)C)C1(N(C)C)NCSS1. The summed E-state index contributed by atoms with van der Waals surface area (Å²) in [6, 6.07) is 0. The summed E-state index contributed by atoms with van der Waals surface area (Å²) in [6.07, 6.45) is 0. The van der Waals surface area contributed by atoms with Gasteiger partial charge in [0.25, 0.3) is 0 Å². The molecule has 0 bridgehead atoms. The van der Waals surface area contributed by atoms with E-state index in [4.69, 9.17) is 0 Å². The summed E-state index contributed by atoms with van der Waals surface area (Å²) in [5.74, 6) is 1.00. The minimum atomic E-state index is -0.0727. The van der Waals surface area contributed by atoms with Crippen LogP contribution in [0.25, 0.3) is 0 Å². The lowest BCUT2D eigenvalue weighted by molar-refractivity contribution is 0.0191. The number of hydrogen-bond acceptors (Lipinski definition) is 7. The molecule has 0 amide bonds. The second-order valence-electron chi connectivity index (χ2n) is 5.62. The van der Waals surface area contributed by atoms with Crippen LogP contribution in [-0.2, 0) is 0 Å². The third-order valence-electron chi connectivity index (χ3n) is 3.21. The van der Waals surface area contributed by atoms with Crippen LogP contribution >= 0.6 is 21.6 Å². The van der Waals surface area contributed by atoms with Gasteiger partial charge in [0, 0.05) is 26.2 Å². The van der Waals surface area contributed by atoms with E-state index >= 15 is 0 Å². The molecule has 0 aromatic rings. The first-order valence-electron chi connectivity index (χ1n) is 6.66. The minimum Gasteiger partial charge on any atom is -0.308 e. The molecule has 0 aromatic carbocycles. The molecule has 0 spiro atoms. The quantitative estimate of drug-likeness (QED) is 0.516. The lowest BCUT2D eigenvalue weighted by atomic mass is 10.4. The average Bonchev–Trinajstić information content (AvgIpc) is 2.78. The van der Waals surface area contributed by atoms with Crippen LogP contribution in [0, 0.1) is 0 Å². The standard InChI is InChI=1S/C12H29N5S2/c1-14(2)7-9-17(10-8-15(3)4)12(16(5)6)13-11-18-19-12/h13H,7-11H2,1-6H3. The Morgan fingerprint density at radius 3 is 1.74 bits per heavy atom. The molecule has 1 atom stereocenters. The summed E-state index contributed by atoms with van der Waals surface area (Å²) in [4.78, 5) is 9.35. The number of rotatable bonds is 8. The van der Waals surface area contributed by atoms with Gasteiger partial charge in [0.05, 0.1) is 5.88 Å². The second kappa shape index (κ2) is 8.07. The molecule has 1 N–H and O–H groups in total. The number of nitrogens with one attached hydrogen (secondary N) is 1. The van der Waals surface area contributed by atoms with Crippen LogP contribution in [0.15, 0.2) is 0 Å². The molecule has 0 radical (unpaired) electrons. The van der Waals surface area contributed by atoms with Crippen LogP contribution < -0.4 is 5.32 Å². The molecule has 1 fully saturated rings. The summed E-state index contributed by atoms with van der Waals surface area (Å²) in [5.41, 5.74) is 0. The normalized spacial score (nSPS) is 24.3. The van der Waals surface area contributed by atoms with Crippen LogP contribution in [0.3, 0.4) is 0 Å². The van der Waals surface area contributed by atoms with Gasteiger partial charge in [-0.25, -0.2) is 0 Å². The van der Waals surface area contributed by atoms with E-state index in [0.717, 1.165) is 32.1 Å². The van der Waals surface area contributed by atoms with Crippen molar-refractivity contribution in [1.82, 2.24) is 24.9 Å². The molecule has 1 rings (SSSR count). The number of likely N-dealkylation sites (N-methyl/N-ethyl adjacent to an activating group) is 2. The Kier molecular flexibility index (Phi) is 7.45. The number of hydrogen-bond donors (Lipinski definition) is 1. The molecule has 7 heteroatoms. The molecule has 1 unspecified atom stereocenters. The van der Waals surface area contributed by atoms with E-state index in [1.54, 1.807) is 0 Å². The fraction of sp³-hybridized carbons (Fsp3) is 1.00. The smallest absolute Gasteiger partial charge is 0.188 e. The van der Waals surface area contributed by atoms with Gasteiger partial charge in [-0.1, -0.05) is 10.8 Å². The summed E-state index contributed by atoms with van der Waals surface area (Å²) < 4.78 is 0. The van der Waals surface area contributed by atoms with E-state index in [1.807, 2.05) is 21.6 Å². The van der Waals surface area contributed by atoms with Gasteiger partial charge in [0.1, 0.15) is 0 Å². The number of nitrogens with zero attached hydrogens (tertiary/aromatic N) is 4.